The molecule has 0 N–H and O–H groups in total. The van der Waals surface area contributed by atoms with Crippen LogP contribution in [0.3, 0.4) is 0 Å². The van der Waals surface area contributed by atoms with Crippen LogP contribution < -0.4 is 4.74 Å². The van der Waals surface area contributed by atoms with Gasteiger partial charge in [0.25, 0.3) is 0 Å². The molecule has 19 heavy (non-hydrogen) atoms. The number of benzene rings is 1. The Bertz CT molecular complexity index is 681. The molecular weight excluding hydrogens is 238 g/mol. The molecular formula is C15H11N3O. The molecule has 0 bridgehead atoms. The minimum Gasteiger partial charge on any atom is -0.489 e. The smallest absolute Gasteiger partial charge is 0.140 e. The van der Waals surface area contributed by atoms with Gasteiger partial charge < -0.3 is 4.74 Å². The van der Waals surface area contributed by atoms with E-state index in [4.69, 9.17) is 15.3 Å². The number of aromatic nitrogens is 1. The average molecular weight is 249 g/mol. The summed E-state index contributed by atoms with van der Waals surface area (Å²) in [5, 5.41) is 17.6. The molecule has 0 fully saturated rings. The normalized spacial score (nSPS) is 9.42. The van der Waals surface area contributed by atoms with Gasteiger partial charge in [-0.15, -0.1) is 0 Å². The second kappa shape index (κ2) is 5.66. The monoisotopic (exact) mass is 249 g/mol. The van der Waals surface area contributed by atoms with Gasteiger partial charge in [-0.25, -0.2) is 4.98 Å². The van der Waals surface area contributed by atoms with Crippen molar-refractivity contribution in [2.45, 2.75) is 13.5 Å². The van der Waals surface area contributed by atoms with Gasteiger partial charge in [0.1, 0.15) is 24.1 Å². The topological polar surface area (TPSA) is 69.7 Å². The van der Waals surface area contributed by atoms with E-state index < -0.39 is 0 Å². The Morgan fingerprint density at radius 1 is 1.16 bits per heavy atom. The second-order valence-corrected chi connectivity index (χ2v) is 4.04. The number of aryl methyl sites for hydroxylation is 1. The molecule has 4 heteroatoms. The van der Waals surface area contributed by atoms with Gasteiger partial charge in [0.05, 0.1) is 11.6 Å². The summed E-state index contributed by atoms with van der Waals surface area (Å²) < 4.78 is 5.68. The van der Waals surface area contributed by atoms with Crippen LogP contribution >= 0.6 is 0 Å². The molecule has 2 aromatic rings. The van der Waals surface area contributed by atoms with Gasteiger partial charge in [0.2, 0.25) is 0 Å². The molecule has 0 atom stereocenters. The lowest BCUT2D eigenvalue weighted by atomic mass is 10.1. The van der Waals surface area contributed by atoms with Gasteiger partial charge in [-0.05, 0) is 42.3 Å². The lowest BCUT2D eigenvalue weighted by Crippen LogP contribution is -1.98. The summed E-state index contributed by atoms with van der Waals surface area (Å²) >= 11 is 0. The Balaban J connectivity index is 2.14. The number of pyridine rings is 1. The molecule has 1 heterocycles. The summed E-state index contributed by atoms with van der Waals surface area (Å²) in [4.78, 5) is 3.90. The van der Waals surface area contributed by atoms with Crippen LogP contribution in [0.2, 0.25) is 0 Å². The van der Waals surface area contributed by atoms with Crippen molar-refractivity contribution in [2.75, 3.05) is 0 Å². The highest BCUT2D eigenvalue weighted by Gasteiger charge is 2.03. The van der Waals surface area contributed by atoms with Crippen LogP contribution in [0.4, 0.5) is 0 Å². The fraction of sp³-hybridized carbons (Fsp3) is 0.133. The third-order valence-electron chi connectivity index (χ3n) is 2.65. The van der Waals surface area contributed by atoms with Crippen LogP contribution in [-0.4, -0.2) is 4.98 Å². The van der Waals surface area contributed by atoms with Crippen molar-refractivity contribution in [2.24, 2.45) is 0 Å². The van der Waals surface area contributed by atoms with Crippen LogP contribution in [0.25, 0.3) is 0 Å². The molecule has 0 amide bonds. The molecule has 0 aliphatic carbocycles. The summed E-state index contributed by atoms with van der Waals surface area (Å²) in [6.45, 7) is 2.26. The summed E-state index contributed by atoms with van der Waals surface area (Å²) in [6.07, 6.45) is 1.58. The quantitative estimate of drug-likeness (QED) is 0.838. The van der Waals surface area contributed by atoms with Crippen molar-refractivity contribution in [3.63, 3.8) is 0 Å². The molecule has 0 aliphatic rings. The number of nitrogens with zero attached hydrogens (tertiary/aromatic N) is 3. The first-order chi connectivity index (χ1) is 9.22. The predicted octanol–water partition coefficient (Wildman–Crippen LogP) is 2.71. The van der Waals surface area contributed by atoms with E-state index in [1.54, 1.807) is 30.5 Å². The lowest BCUT2D eigenvalue weighted by molar-refractivity contribution is 0.304. The highest BCUT2D eigenvalue weighted by Crippen LogP contribution is 2.20. The molecule has 2 rings (SSSR count). The van der Waals surface area contributed by atoms with E-state index in [2.05, 4.69) is 11.1 Å². The van der Waals surface area contributed by atoms with Crippen molar-refractivity contribution >= 4 is 0 Å². The van der Waals surface area contributed by atoms with Gasteiger partial charge in [-0.1, -0.05) is 6.07 Å². The minimum atomic E-state index is 0.340. The second-order valence-electron chi connectivity index (χ2n) is 4.04. The van der Waals surface area contributed by atoms with Crippen molar-refractivity contribution in [3.8, 4) is 17.9 Å². The third kappa shape index (κ3) is 3.08. The molecule has 1 aromatic heterocycles. The van der Waals surface area contributed by atoms with Crippen LogP contribution in [0, 0.1) is 29.6 Å². The van der Waals surface area contributed by atoms with E-state index in [9.17, 15) is 0 Å². The Morgan fingerprint density at radius 2 is 2.00 bits per heavy atom. The van der Waals surface area contributed by atoms with E-state index in [-0.39, 0.29) is 0 Å². The van der Waals surface area contributed by atoms with Crippen LogP contribution in [0.15, 0.2) is 36.5 Å². The molecule has 4 nitrogen and oxygen atoms in total. The average Bonchev–Trinajstić information content (AvgIpc) is 2.46. The van der Waals surface area contributed by atoms with E-state index in [1.807, 2.05) is 19.1 Å². The van der Waals surface area contributed by atoms with E-state index in [0.717, 1.165) is 11.1 Å². The zero-order valence-electron chi connectivity index (χ0n) is 10.4. The summed E-state index contributed by atoms with van der Waals surface area (Å²) in [5.74, 6) is 0.675. The predicted molar refractivity (Wildman–Crippen MR) is 69.2 cm³/mol. The van der Waals surface area contributed by atoms with Gasteiger partial charge >= 0.3 is 0 Å². The molecule has 0 saturated heterocycles. The number of hydrogen-bond donors (Lipinski definition) is 0. The summed E-state index contributed by atoms with van der Waals surface area (Å²) in [6, 6.07) is 12.9. The highest BCUT2D eigenvalue weighted by atomic mass is 16.5. The number of hydrogen-bond acceptors (Lipinski definition) is 4. The summed E-state index contributed by atoms with van der Waals surface area (Å²) in [7, 11) is 0. The van der Waals surface area contributed by atoms with Gasteiger partial charge in [-0.2, -0.15) is 10.5 Å². The fourth-order valence-corrected chi connectivity index (χ4v) is 1.61. The Labute approximate surface area is 111 Å². The SMILES string of the molecule is Cc1ccc(C#N)cc1OCc1ccnc(C#N)c1. The Hall–Kier alpha value is -2.85. The largest absolute Gasteiger partial charge is 0.489 e. The number of ether oxygens (including phenoxy) is 1. The maximum atomic E-state index is 8.86. The van der Waals surface area contributed by atoms with Gasteiger partial charge in [0.15, 0.2) is 0 Å². The van der Waals surface area contributed by atoms with E-state index >= 15 is 0 Å². The molecule has 1 aromatic carbocycles. The summed E-state index contributed by atoms with van der Waals surface area (Å²) in [5.41, 5.74) is 2.76. The lowest BCUT2D eigenvalue weighted by Gasteiger charge is -2.09. The maximum Gasteiger partial charge on any atom is 0.140 e. The Kier molecular flexibility index (Phi) is 3.75. The van der Waals surface area contributed by atoms with Crippen LogP contribution in [0.1, 0.15) is 22.4 Å². The molecule has 0 radical (unpaired) electrons. The first kappa shape index (κ1) is 12.6. The minimum absolute atomic E-state index is 0.340. The van der Waals surface area contributed by atoms with Gasteiger partial charge in [-0.3, -0.25) is 0 Å². The van der Waals surface area contributed by atoms with Crippen LogP contribution in [0.5, 0.6) is 5.75 Å². The molecule has 0 unspecified atom stereocenters. The number of rotatable bonds is 3. The molecule has 0 aliphatic heterocycles. The van der Waals surface area contributed by atoms with Crippen molar-refractivity contribution in [1.82, 2.24) is 4.98 Å². The van der Waals surface area contributed by atoms with Crippen molar-refractivity contribution < 1.29 is 4.74 Å². The standard InChI is InChI=1S/C15H11N3O/c1-11-2-3-12(8-16)7-15(11)19-10-13-4-5-18-14(6-13)9-17/h2-7H,10H2,1H3. The Morgan fingerprint density at radius 3 is 2.74 bits per heavy atom. The zero-order chi connectivity index (χ0) is 13.7. The molecule has 0 spiro atoms. The van der Waals surface area contributed by atoms with Gasteiger partial charge in [0, 0.05) is 6.20 Å². The fourth-order valence-electron chi connectivity index (χ4n) is 1.61. The highest BCUT2D eigenvalue weighted by molar-refractivity contribution is 5.41. The number of nitriles is 2. The zero-order valence-corrected chi connectivity index (χ0v) is 10.4. The van der Waals surface area contributed by atoms with Crippen LogP contribution in [-0.2, 0) is 6.61 Å². The van der Waals surface area contributed by atoms with E-state index in [0.29, 0.717) is 23.6 Å². The first-order valence-corrected chi connectivity index (χ1v) is 5.71. The third-order valence-corrected chi connectivity index (χ3v) is 2.65. The van der Waals surface area contributed by atoms with Crippen molar-refractivity contribution in [3.05, 3.63) is 58.9 Å². The molecule has 92 valence electrons. The van der Waals surface area contributed by atoms with E-state index in [1.165, 1.54) is 0 Å². The molecule has 0 saturated carbocycles. The first-order valence-electron chi connectivity index (χ1n) is 5.71. The maximum absolute atomic E-state index is 8.86. The van der Waals surface area contributed by atoms with Crippen molar-refractivity contribution in [1.29, 1.82) is 10.5 Å².